The lowest BCUT2D eigenvalue weighted by Gasteiger charge is -2.19. The van der Waals surface area contributed by atoms with Crippen molar-refractivity contribution in [3.05, 3.63) is 143 Å². The predicted octanol–water partition coefficient (Wildman–Crippen LogP) is 4.27. The Bertz CT molecular complexity index is 2830. The average molecular weight is 798 g/mol. The zero-order valence-corrected chi connectivity index (χ0v) is 31.8. The summed E-state index contributed by atoms with van der Waals surface area (Å²) < 4.78 is 13.3. The largest absolute Gasteiger partial charge is 0.507 e. The maximum Gasteiger partial charge on any atom is 0.336 e. The van der Waals surface area contributed by atoms with Crippen LogP contribution in [0.15, 0.2) is 97.8 Å². The zero-order valence-electron chi connectivity index (χ0n) is 31.8. The van der Waals surface area contributed by atoms with Crippen LogP contribution in [-0.2, 0) is 24.2 Å². The number of nitrogens with two attached hydrogens (primary N) is 1. The normalized spacial score (nSPS) is 14.8. The Labute approximate surface area is 335 Å². The summed E-state index contributed by atoms with van der Waals surface area (Å²) in [5.41, 5.74) is 7.32. The van der Waals surface area contributed by atoms with Gasteiger partial charge in [0.25, 0.3) is 17.4 Å². The third-order valence-electron chi connectivity index (χ3n) is 10.2. The van der Waals surface area contributed by atoms with Gasteiger partial charge in [0.05, 0.1) is 23.8 Å². The van der Waals surface area contributed by atoms with Gasteiger partial charge in [0.15, 0.2) is 5.43 Å². The number of H-pyrrole nitrogens is 1. The Morgan fingerprint density at radius 2 is 1.68 bits per heavy atom. The van der Waals surface area contributed by atoms with Crippen LogP contribution in [0.5, 0.6) is 5.75 Å². The van der Waals surface area contributed by atoms with Crippen molar-refractivity contribution in [2.45, 2.75) is 58.0 Å². The predicted molar refractivity (Wildman–Crippen MR) is 217 cm³/mol. The van der Waals surface area contributed by atoms with Gasteiger partial charge in [-0.1, -0.05) is 30.9 Å². The highest BCUT2D eigenvalue weighted by atomic mass is 16.5. The van der Waals surface area contributed by atoms with Gasteiger partial charge in [0.2, 0.25) is 0 Å². The quantitative estimate of drug-likeness (QED) is 0.0800. The van der Waals surface area contributed by atoms with E-state index in [0.29, 0.717) is 39.6 Å². The number of phenolic OH excluding ortho intramolecular Hbond substituents is 1. The summed E-state index contributed by atoms with van der Waals surface area (Å²) in [6.45, 7) is 2.01. The topological polar surface area (TPSA) is 236 Å². The number of hydrogen-bond donors (Lipinski definition) is 6. The number of phenols is 1. The van der Waals surface area contributed by atoms with Crippen LogP contribution in [0.3, 0.4) is 0 Å². The van der Waals surface area contributed by atoms with Crippen LogP contribution >= 0.6 is 0 Å². The number of ether oxygens (including phenoxy) is 1. The molecule has 0 bridgehead atoms. The third kappa shape index (κ3) is 8.40. The van der Waals surface area contributed by atoms with Crippen LogP contribution < -0.4 is 33.0 Å². The maximum atomic E-state index is 13.5. The van der Waals surface area contributed by atoms with Crippen molar-refractivity contribution in [2.75, 3.05) is 6.54 Å². The Morgan fingerprint density at radius 1 is 0.915 bits per heavy atom. The van der Waals surface area contributed by atoms with Crippen molar-refractivity contribution in [2.24, 2.45) is 5.73 Å². The highest BCUT2D eigenvalue weighted by molar-refractivity contribution is 6.09. The summed E-state index contributed by atoms with van der Waals surface area (Å²) in [5, 5.41) is 26.6. The van der Waals surface area contributed by atoms with E-state index in [4.69, 9.17) is 14.9 Å². The first-order valence-corrected chi connectivity index (χ1v) is 18.9. The van der Waals surface area contributed by atoms with Gasteiger partial charge in [-0.15, -0.1) is 0 Å². The van der Waals surface area contributed by atoms with E-state index in [0.717, 1.165) is 12.8 Å². The molecule has 59 heavy (non-hydrogen) atoms. The second-order valence-corrected chi connectivity index (χ2v) is 14.0. The zero-order chi connectivity index (χ0) is 41.8. The number of carbonyl (C=O) groups excluding carboxylic acids is 2. The minimum Gasteiger partial charge on any atom is -0.507 e. The van der Waals surface area contributed by atoms with Crippen LogP contribution in [0.2, 0.25) is 0 Å². The van der Waals surface area contributed by atoms with E-state index < -0.39 is 29.4 Å². The van der Waals surface area contributed by atoms with Crippen LogP contribution in [0.4, 0.5) is 0 Å². The Hall–Kier alpha value is -7.28. The van der Waals surface area contributed by atoms with Crippen molar-refractivity contribution in [1.29, 1.82) is 0 Å². The standard InChI is InChI=1S/C44H39N5O10/c1-2-29-12-17-37(58-29)49-23-27(42(54)48-44(49)57)5-3-4-18-46-40(52)25-8-6-24(7-9-25)22-47-41(53)26-10-13-30(43(55)56)33(19-26)38-31-14-11-28(50)20-36(31)59-39-32(38)15-16-35(51)34(39)21-45/h6-11,13-16,19-20,23,29,37,51H,2,5,12,17-18,21-22,45H2,1H3,(H,46,52)(H,47,53)(H,55,56)(H,48,54,57)/t29-,37-/m1/s1. The molecule has 1 aliphatic carbocycles. The molecule has 3 aromatic carbocycles. The van der Waals surface area contributed by atoms with Gasteiger partial charge < -0.3 is 35.7 Å². The summed E-state index contributed by atoms with van der Waals surface area (Å²) >= 11 is 0. The summed E-state index contributed by atoms with van der Waals surface area (Å²) in [6.07, 6.45) is 3.52. The molecule has 4 aromatic rings. The van der Waals surface area contributed by atoms with Crippen molar-refractivity contribution in [1.82, 2.24) is 20.2 Å². The molecule has 2 aliphatic heterocycles. The van der Waals surface area contributed by atoms with Crippen molar-refractivity contribution in [3.63, 3.8) is 0 Å². The molecule has 0 unspecified atom stereocenters. The fourth-order valence-corrected chi connectivity index (χ4v) is 7.11. The molecule has 15 nitrogen and oxygen atoms in total. The van der Waals surface area contributed by atoms with Crippen LogP contribution in [0.25, 0.3) is 33.4 Å². The van der Waals surface area contributed by atoms with Gasteiger partial charge in [0.1, 0.15) is 23.3 Å². The minimum absolute atomic E-state index is 0.0143. The number of benzene rings is 4. The van der Waals surface area contributed by atoms with Gasteiger partial charge in [-0.05, 0) is 85.0 Å². The van der Waals surface area contributed by atoms with Gasteiger partial charge in [0, 0.05) is 65.0 Å². The first-order chi connectivity index (χ1) is 28.4. The maximum absolute atomic E-state index is 13.5. The molecular weight excluding hydrogens is 759 g/mol. The Balaban J connectivity index is 1.01. The minimum atomic E-state index is -1.25. The van der Waals surface area contributed by atoms with Crippen LogP contribution in [-0.4, -0.2) is 50.2 Å². The number of rotatable bonds is 11. The van der Waals surface area contributed by atoms with E-state index in [1.165, 1.54) is 53.2 Å². The van der Waals surface area contributed by atoms with Gasteiger partial charge in [-0.2, -0.15) is 0 Å². The second-order valence-electron chi connectivity index (χ2n) is 14.0. The first kappa shape index (κ1) is 39.9. The lowest BCUT2D eigenvalue weighted by molar-refractivity contribution is -0.00214. The summed E-state index contributed by atoms with van der Waals surface area (Å²) in [6, 6.07) is 17.8. The van der Waals surface area contributed by atoms with E-state index in [1.807, 2.05) is 6.92 Å². The van der Waals surface area contributed by atoms with Gasteiger partial charge in [-0.3, -0.25) is 28.7 Å². The number of carbonyl (C=O) groups is 3. The Kier molecular flexibility index (Phi) is 11.6. The summed E-state index contributed by atoms with van der Waals surface area (Å²) in [4.78, 5) is 78.2. The molecule has 7 rings (SSSR count). The van der Waals surface area contributed by atoms with Crippen molar-refractivity contribution >= 4 is 28.8 Å². The lowest BCUT2D eigenvalue weighted by atomic mass is 9.89. The number of hydrogen-bond acceptors (Lipinski definition) is 10. The van der Waals surface area contributed by atoms with E-state index in [9.17, 15) is 39.0 Å². The number of nitrogens with one attached hydrogen (secondary N) is 3. The third-order valence-corrected chi connectivity index (χ3v) is 10.2. The molecule has 15 heteroatoms. The van der Waals surface area contributed by atoms with E-state index in [-0.39, 0.29) is 82.8 Å². The molecule has 1 saturated heterocycles. The second kappa shape index (κ2) is 17.1. The van der Waals surface area contributed by atoms with E-state index >= 15 is 0 Å². The smallest absolute Gasteiger partial charge is 0.336 e. The molecule has 0 radical (unpaired) electrons. The number of carboxylic acids is 1. The molecule has 3 aliphatic rings. The van der Waals surface area contributed by atoms with Crippen molar-refractivity contribution < 1.29 is 33.8 Å². The number of carboxylic acid groups (broad SMARTS) is 1. The summed E-state index contributed by atoms with van der Waals surface area (Å²) in [7, 11) is 0. The molecule has 7 N–H and O–H groups in total. The molecule has 2 amide bonds. The van der Waals surface area contributed by atoms with Gasteiger partial charge >= 0.3 is 11.7 Å². The number of nitrogens with zero attached hydrogens (tertiary/aromatic N) is 1. The highest BCUT2D eigenvalue weighted by Crippen LogP contribution is 2.43. The Morgan fingerprint density at radius 3 is 2.41 bits per heavy atom. The molecule has 2 atom stereocenters. The number of aromatic carboxylic acids is 1. The lowest BCUT2D eigenvalue weighted by Crippen LogP contribution is -2.34. The average Bonchev–Trinajstić information content (AvgIpc) is 3.71. The number of aromatic hydroxyl groups is 1. The van der Waals surface area contributed by atoms with Crippen molar-refractivity contribution in [3.8, 4) is 40.0 Å². The molecule has 0 saturated carbocycles. The number of fused-ring (bicyclic) bond motifs is 2. The SMILES string of the molecule is CC[C@@H]1CC[C@H](n2cc(CC#CCNC(=O)c3ccc(CNC(=O)c4ccc(C(=O)O)c(-c5c6ccc(=O)cc-6oc6c(CN)c(O)ccc56)c4)cc3)c(=O)[nH]c2=O)O1. The van der Waals surface area contributed by atoms with Crippen LogP contribution in [0.1, 0.15) is 80.2 Å². The first-order valence-electron chi connectivity index (χ1n) is 18.9. The van der Waals surface area contributed by atoms with Gasteiger partial charge in [-0.25, -0.2) is 9.59 Å². The molecule has 1 aromatic heterocycles. The number of amides is 2. The molecule has 300 valence electrons. The number of aromatic amines is 1. The van der Waals surface area contributed by atoms with E-state index in [1.54, 1.807) is 30.3 Å². The van der Waals surface area contributed by atoms with Crippen LogP contribution in [0, 0.1) is 11.8 Å². The summed E-state index contributed by atoms with van der Waals surface area (Å²) in [5.74, 6) is 3.56. The van der Waals surface area contributed by atoms with E-state index in [2.05, 4.69) is 27.5 Å². The molecule has 0 spiro atoms. The number of aromatic nitrogens is 2. The fraction of sp³-hybridized carbons (Fsp3) is 0.227. The monoisotopic (exact) mass is 797 g/mol. The molecular formula is C44H39N5O10. The fourth-order valence-electron chi connectivity index (χ4n) is 7.11. The highest BCUT2D eigenvalue weighted by Gasteiger charge is 2.27. The molecule has 3 heterocycles. The molecule has 1 fully saturated rings.